The van der Waals surface area contributed by atoms with Gasteiger partial charge in [0.05, 0.1) is 38.1 Å². The number of aromatic nitrogens is 2. The third kappa shape index (κ3) is 3.84. The highest BCUT2D eigenvalue weighted by Gasteiger charge is 2.59. The average Bonchev–Trinajstić information content (AvgIpc) is 2.74. The van der Waals surface area contributed by atoms with Crippen molar-refractivity contribution in [1.29, 1.82) is 0 Å². The second-order valence-electron chi connectivity index (χ2n) is 10.1. The van der Waals surface area contributed by atoms with E-state index in [1.54, 1.807) is 43.3 Å². The van der Waals surface area contributed by atoms with Gasteiger partial charge in [-0.1, -0.05) is 11.6 Å². The molecule has 0 saturated heterocycles. The van der Waals surface area contributed by atoms with Crippen molar-refractivity contribution in [2.75, 3.05) is 19.5 Å². The van der Waals surface area contributed by atoms with E-state index >= 15 is 0 Å². The summed E-state index contributed by atoms with van der Waals surface area (Å²) in [6, 6.07) is 5.31. The van der Waals surface area contributed by atoms with Crippen molar-refractivity contribution in [3.8, 4) is 11.5 Å². The van der Waals surface area contributed by atoms with Gasteiger partial charge in [-0.3, -0.25) is 9.59 Å². The molecule has 2 N–H and O–H groups in total. The van der Waals surface area contributed by atoms with Crippen LogP contribution < -0.4 is 20.3 Å². The number of carbonyl (C=O) groups is 1. The minimum Gasteiger partial charge on any atom is -0.497 e. The Morgan fingerprint density at radius 1 is 1.18 bits per heavy atom. The quantitative estimate of drug-likeness (QED) is 0.613. The monoisotopic (exact) mass is 473 g/mol. The Morgan fingerprint density at radius 2 is 1.82 bits per heavy atom. The van der Waals surface area contributed by atoms with Crippen LogP contribution in [0.3, 0.4) is 0 Å². The summed E-state index contributed by atoms with van der Waals surface area (Å²) < 4.78 is 12.2. The zero-order valence-electron chi connectivity index (χ0n) is 18.8. The van der Waals surface area contributed by atoms with E-state index in [0.717, 1.165) is 32.1 Å². The van der Waals surface area contributed by atoms with Crippen LogP contribution in [-0.4, -0.2) is 35.1 Å². The number of anilines is 2. The number of carboxylic acids is 1. The molecule has 4 saturated carbocycles. The summed E-state index contributed by atoms with van der Waals surface area (Å²) in [5, 5.41) is 17.3. The number of hydrogen-bond acceptors (Lipinski definition) is 6. The molecule has 2 aromatic rings. The van der Waals surface area contributed by atoms with E-state index in [-0.39, 0.29) is 22.4 Å². The molecule has 0 spiro atoms. The number of aliphatic carboxylic acids is 1. The van der Waals surface area contributed by atoms with Crippen LogP contribution in [-0.2, 0) is 10.3 Å². The molecule has 0 aliphatic heterocycles. The molecule has 4 aliphatic rings. The number of benzene rings is 1. The zero-order chi connectivity index (χ0) is 23.4. The number of methoxy groups -OCH3 is 2. The number of halogens is 1. The molecule has 4 fully saturated rings. The Bertz CT molecular complexity index is 1130. The van der Waals surface area contributed by atoms with Crippen molar-refractivity contribution >= 4 is 28.9 Å². The fourth-order valence-corrected chi connectivity index (χ4v) is 7.25. The summed E-state index contributed by atoms with van der Waals surface area (Å²) in [7, 11) is 3.13. The van der Waals surface area contributed by atoms with Crippen LogP contribution in [0.2, 0.25) is 5.02 Å². The maximum absolute atomic E-state index is 13.4. The molecule has 0 radical (unpaired) electrons. The lowest BCUT2D eigenvalue weighted by molar-refractivity contribution is -0.151. The number of nitrogens with zero attached hydrogens (tertiary/aromatic N) is 2. The van der Waals surface area contributed by atoms with Crippen LogP contribution in [0.5, 0.6) is 11.5 Å². The summed E-state index contributed by atoms with van der Waals surface area (Å²) in [6.45, 7) is 0. The van der Waals surface area contributed by atoms with Crippen LogP contribution in [0, 0.1) is 17.3 Å². The van der Waals surface area contributed by atoms with Crippen molar-refractivity contribution in [1.82, 2.24) is 9.78 Å². The third-order valence-corrected chi connectivity index (χ3v) is 8.04. The second kappa shape index (κ2) is 7.94. The topological polar surface area (TPSA) is 103 Å². The van der Waals surface area contributed by atoms with Crippen LogP contribution in [0.1, 0.15) is 44.9 Å². The molecule has 1 heterocycles. The van der Waals surface area contributed by atoms with Crippen LogP contribution in [0.4, 0.5) is 11.4 Å². The predicted octanol–water partition coefficient (Wildman–Crippen LogP) is 4.43. The first kappa shape index (κ1) is 22.1. The Morgan fingerprint density at radius 3 is 2.39 bits per heavy atom. The lowest BCUT2D eigenvalue weighted by Gasteiger charge is -2.61. The van der Waals surface area contributed by atoms with Crippen molar-refractivity contribution in [3.05, 3.63) is 39.8 Å². The van der Waals surface area contributed by atoms with E-state index in [9.17, 15) is 14.7 Å². The van der Waals surface area contributed by atoms with E-state index in [4.69, 9.17) is 21.1 Å². The smallest absolute Gasteiger partial charge is 0.303 e. The van der Waals surface area contributed by atoms with E-state index < -0.39 is 11.5 Å². The normalized spacial score (nSPS) is 29.7. The minimum absolute atomic E-state index is 0.0646. The molecule has 4 aliphatic carbocycles. The molecule has 8 nitrogen and oxygen atoms in total. The summed E-state index contributed by atoms with van der Waals surface area (Å²) in [5.74, 6) is 1.30. The zero-order valence-corrected chi connectivity index (χ0v) is 19.5. The van der Waals surface area contributed by atoms with Gasteiger partial charge in [-0.15, -0.1) is 0 Å². The Kier molecular flexibility index (Phi) is 5.31. The fourth-order valence-electron chi connectivity index (χ4n) is 7.07. The molecule has 4 bridgehead atoms. The molecule has 1 aromatic heterocycles. The first-order chi connectivity index (χ1) is 15.7. The van der Waals surface area contributed by atoms with Gasteiger partial charge < -0.3 is 19.9 Å². The largest absolute Gasteiger partial charge is 0.497 e. The lowest BCUT2D eigenvalue weighted by atomic mass is 9.46. The number of carboxylic acid groups (broad SMARTS) is 1. The molecule has 1 aromatic carbocycles. The van der Waals surface area contributed by atoms with Crippen molar-refractivity contribution in [3.63, 3.8) is 0 Å². The van der Waals surface area contributed by atoms with Gasteiger partial charge in [-0.05, 0) is 55.8 Å². The van der Waals surface area contributed by atoms with Crippen LogP contribution in [0.15, 0.2) is 29.2 Å². The van der Waals surface area contributed by atoms with Gasteiger partial charge in [-0.25, -0.2) is 4.68 Å². The predicted molar refractivity (Wildman–Crippen MR) is 124 cm³/mol. The van der Waals surface area contributed by atoms with E-state index in [1.807, 2.05) is 0 Å². The van der Waals surface area contributed by atoms with Gasteiger partial charge in [0.1, 0.15) is 16.5 Å². The Balaban J connectivity index is 1.49. The van der Waals surface area contributed by atoms with Gasteiger partial charge in [0.2, 0.25) is 0 Å². The highest BCUT2D eigenvalue weighted by molar-refractivity contribution is 6.33. The lowest BCUT2D eigenvalue weighted by Crippen LogP contribution is -2.59. The van der Waals surface area contributed by atoms with Crippen LogP contribution >= 0.6 is 11.6 Å². The fraction of sp³-hybridized carbons (Fsp3) is 0.542. The molecule has 33 heavy (non-hydrogen) atoms. The molecular formula is C24H28ClN3O5. The third-order valence-electron chi connectivity index (χ3n) is 7.68. The van der Waals surface area contributed by atoms with Gasteiger partial charge >= 0.3 is 5.97 Å². The number of nitrogens with one attached hydrogen (secondary N) is 1. The average molecular weight is 474 g/mol. The highest BCUT2D eigenvalue weighted by Crippen LogP contribution is 2.65. The number of rotatable bonds is 7. The summed E-state index contributed by atoms with van der Waals surface area (Å²) in [5.41, 5.74) is -0.000319. The standard InChI is InChI=1S/C24H28ClN3O5/c1-32-17-4-16(5-18(6-17)33-2)27-19-12-26-28(22(31)21(19)25)24-9-14-3-15(10-24)8-23(7-14,13-24)11-20(29)30/h4-6,12,14-15,27H,3,7-11,13H2,1-2H3,(H,29,30)/t14-,15-,23?,24?/m1/s1. The van der Waals surface area contributed by atoms with Crippen LogP contribution in [0.25, 0.3) is 0 Å². The molecular weight excluding hydrogens is 446 g/mol. The van der Waals surface area contributed by atoms with Gasteiger partial charge in [0.25, 0.3) is 5.56 Å². The van der Waals surface area contributed by atoms with Crippen molar-refractivity contribution in [2.24, 2.45) is 17.3 Å². The minimum atomic E-state index is -0.765. The first-order valence-electron chi connectivity index (χ1n) is 11.2. The maximum atomic E-state index is 13.4. The first-order valence-corrected chi connectivity index (χ1v) is 11.6. The molecule has 2 atom stereocenters. The van der Waals surface area contributed by atoms with Crippen molar-refractivity contribution in [2.45, 2.75) is 50.5 Å². The summed E-state index contributed by atoms with van der Waals surface area (Å²) in [6.07, 6.45) is 7.08. The van der Waals surface area contributed by atoms with Crippen molar-refractivity contribution < 1.29 is 19.4 Å². The van der Waals surface area contributed by atoms with E-state index in [1.165, 1.54) is 0 Å². The molecule has 176 valence electrons. The van der Waals surface area contributed by atoms with Gasteiger partial charge in [0, 0.05) is 23.9 Å². The van der Waals surface area contributed by atoms with Gasteiger partial charge in [-0.2, -0.15) is 5.10 Å². The Labute approximate surface area is 196 Å². The molecule has 0 amide bonds. The summed E-state index contributed by atoms with van der Waals surface area (Å²) in [4.78, 5) is 25.1. The Hall–Kier alpha value is -2.74. The maximum Gasteiger partial charge on any atom is 0.303 e. The highest BCUT2D eigenvalue weighted by atomic mass is 35.5. The van der Waals surface area contributed by atoms with Gasteiger partial charge in [0.15, 0.2) is 0 Å². The second-order valence-corrected chi connectivity index (χ2v) is 10.4. The number of ether oxygens (including phenoxy) is 2. The SMILES string of the molecule is COc1cc(Nc2cnn(C34C[C@@H]5C[C@H](CC(CC(=O)O)(C5)C3)C4)c(=O)c2Cl)cc(OC)c1. The number of hydrogen-bond donors (Lipinski definition) is 2. The molecule has 9 heteroatoms. The summed E-state index contributed by atoms with van der Waals surface area (Å²) >= 11 is 6.56. The van der Waals surface area contributed by atoms with E-state index in [0.29, 0.717) is 41.1 Å². The van der Waals surface area contributed by atoms with E-state index in [2.05, 4.69) is 10.4 Å². The molecule has 6 rings (SSSR count). The molecule has 0 unspecified atom stereocenters.